The van der Waals surface area contributed by atoms with Crippen molar-refractivity contribution in [3.05, 3.63) is 47.4 Å². The van der Waals surface area contributed by atoms with Crippen molar-refractivity contribution in [1.82, 2.24) is 14.5 Å². The Morgan fingerprint density at radius 3 is 2.82 bits per heavy atom. The Bertz CT molecular complexity index is 1270. The first-order valence-electron chi connectivity index (χ1n) is 11.4. The number of rotatable bonds is 6. The van der Waals surface area contributed by atoms with Crippen LogP contribution in [-0.4, -0.2) is 50.5 Å². The number of hydrogen-bond donors (Lipinski definition) is 1. The highest BCUT2D eigenvalue weighted by Gasteiger charge is 2.56. The predicted octanol–water partition coefficient (Wildman–Crippen LogP) is 3.90. The Morgan fingerprint density at radius 1 is 1.24 bits per heavy atom. The third-order valence-electron chi connectivity index (χ3n) is 6.40. The van der Waals surface area contributed by atoms with Crippen molar-refractivity contribution in [1.29, 1.82) is 0 Å². The van der Waals surface area contributed by atoms with Crippen LogP contribution in [0, 0.1) is 0 Å². The molecule has 2 aromatic heterocycles. The standard InChI is InChI=1S/C24H25ClN4O5/c1-24(2)33-19-18(10-16(30)12-3-6-15(25)17(9-12)31-13-4-5-13)32-23(20(19)34-24)29-8-7-14-21(26)27-11-28-22(14)29/h3,6-9,11,13,18-20,23H,4-5,10H2,1-2H3,(H2,26,27,28)/t18-,19-,20+,23+/m0/s1. The molecule has 1 aromatic carbocycles. The van der Waals surface area contributed by atoms with Crippen LogP contribution in [0.2, 0.25) is 5.02 Å². The van der Waals surface area contributed by atoms with Gasteiger partial charge in [-0.2, -0.15) is 0 Å². The summed E-state index contributed by atoms with van der Waals surface area (Å²) in [4.78, 5) is 21.7. The van der Waals surface area contributed by atoms with Crippen molar-refractivity contribution in [2.75, 3.05) is 5.73 Å². The van der Waals surface area contributed by atoms with Crippen molar-refractivity contribution in [3.8, 4) is 5.75 Å². The molecular formula is C24H25ClN4O5. The van der Waals surface area contributed by atoms with E-state index in [1.807, 2.05) is 30.7 Å². The average Bonchev–Trinajstić information content (AvgIpc) is 3.28. The van der Waals surface area contributed by atoms with E-state index in [0.717, 1.165) is 18.2 Å². The van der Waals surface area contributed by atoms with Crippen molar-refractivity contribution in [3.63, 3.8) is 0 Å². The van der Waals surface area contributed by atoms with E-state index in [9.17, 15) is 4.79 Å². The Labute approximate surface area is 201 Å². The van der Waals surface area contributed by atoms with E-state index in [1.54, 1.807) is 18.2 Å². The SMILES string of the molecule is CC1(C)O[C@@H]2[C@@H](O1)[C@H](n1ccc3c(N)ncnc31)O[C@H]2CC(=O)c1ccc(Cl)c(OC2CC2)c1. The zero-order valence-corrected chi connectivity index (χ0v) is 19.6. The number of aromatic nitrogens is 3. The lowest BCUT2D eigenvalue weighted by Crippen LogP contribution is -2.31. The molecule has 0 spiro atoms. The number of nitrogens with two attached hydrogens (primary N) is 1. The minimum Gasteiger partial charge on any atom is -0.489 e. The summed E-state index contributed by atoms with van der Waals surface area (Å²) in [7, 11) is 0. The first-order chi connectivity index (χ1) is 16.3. The summed E-state index contributed by atoms with van der Waals surface area (Å²) in [5.41, 5.74) is 7.16. The van der Waals surface area contributed by atoms with Gasteiger partial charge in [0.2, 0.25) is 0 Å². The fourth-order valence-electron chi connectivity index (χ4n) is 4.68. The molecule has 1 saturated carbocycles. The molecule has 4 atom stereocenters. The number of carbonyl (C=O) groups is 1. The van der Waals surface area contributed by atoms with Gasteiger partial charge in [0.15, 0.2) is 17.8 Å². The van der Waals surface area contributed by atoms with Gasteiger partial charge in [-0.05, 0) is 51.0 Å². The summed E-state index contributed by atoms with van der Waals surface area (Å²) in [6.07, 6.45) is 3.70. The average molecular weight is 485 g/mol. The molecule has 3 fully saturated rings. The number of nitrogen functional groups attached to an aromatic ring is 1. The van der Waals surface area contributed by atoms with Gasteiger partial charge < -0.3 is 29.2 Å². The molecule has 2 N–H and O–H groups in total. The first-order valence-corrected chi connectivity index (χ1v) is 11.7. The number of nitrogens with zero attached hydrogens (tertiary/aromatic N) is 3. The van der Waals surface area contributed by atoms with Gasteiger partial charge in [-0.15, -0.1) is 0 Å². The third-order valence-corrected chi connectivity index (χ3v) is 6.71. The van der Waals surface area contributed by atoms with Gasteiger partial charge in [-0.25, -0.2) is 9.97 Å². The highest BCUT2D eigenvalue weighted by molar-refractivity contribution is 6.32. The number of benzene rings is 1. The number of ketones is 1. The number of fused-ring (bicyclic) bond motifs is 2. The maximum Gasteiger partial charge on any atom is 0.165 e. The maximum absolute atomic E-state index is 13.2. The van der Waals surface area contributed by atoms with E-state index in [2.05, 4.69) is 9.97 Å². The second kappa shape index (κ2) is 7.91. The van der Waals surface area contributed by atoms with Crippen LogP contribution in [0.5, 0.6) is 5.75 Å². The largest absolute Gasteiger partial charge is 0.489 e. The van der Waals surface area contributed by atoms with Gasteiger partial charge in [-0.1, -0.05) is 11.6 Å². The molecule has 1 aliphatic carbocycles. The Kier molecular flexibility index (Phi) is 5.07. The van der Waals surface area contributed by atoms with E-state index in [1.165, 1.54) is 6.33 Å². The minimum atomic E-state index is -0.804. The molecule has 4 heterocycles. The van der Waals surface area contributed by atoms with Crippen molar-refractivity contribution in [2.24, 2.45) is 0 Å². The molecule has 2 saturated heterocycles. The first kappa shape index (κ1) is 21.8. The summed E-state index contributed by atoms with van der Waals surface area (Å²) >= 11 is 6.26. The smallest absolute Gasteiger partial charge is 0.165 e. The lowest BCUT2D eigenvalue weighted by molar-refractivity contribution is -0.195. The molecule has 10 heteroatoms. The highest BCUT2D eigenvalue weighted by atomic mass is 35.5. The van der Waals surface area contributed by atoms with Gasteiger partial charge in [0, 0.05) is 18.2 Å². The zero-order chi connectivity index (χ0) is 23.6. The monoisotopic (exact) mass is 484 g/mol. The van der Waals surface area contributed by atoms with E-state index < -0.39 is 30.3 Å². The third kappa shape index (κ3) is 3.82. The van der Waals surface area contributed by atoms with Gasteiger partial charge >= 0.3 is 0 Å². The van der Waals surface area contributed by atoms with Crippen LogP contribution in [0.15, 0.2) is 36.8 Å². The number of anilines is 1. The summed E-state index contributed by atoms with van der Waals surface area (Å²) in [5.74, 6) is 0.0388. The molecule has 178 valence electrons. The molecule has 0 amide bonds. The van der Waals surface area contributed by atoms with Crippen LogP contribution in [0.25, 0.3) is 11.0 Å². The van der Waals surface area contributed by atoms with E-state index in [4.69, 9.17) is 36.3 Å². The van der Waals surface area contributed by atoms with E-state index >= 15 is 0 Å². The molecule has 34 heavy (non-hydrogen) atoms. The van der Waals surface area contributed by atoms with Crippen LogP contribution in [0.3, 0.4) is 0 Å². The minimum absolute atomic E-state index is 0.0843. The van der Waals surface area contributed by atoms with Crippen LogP contribution in [0.4, 0.5) is 5.82 Å². The Hall–Kier alpha value is -2.72. The normalized spacial score (nSPS) is 27.7. The predicted molar refractivity (Wildman–Crippen MR) is 124 cm³/mol. The van der Waals surface area contributed by atoms with Gasteiger partial charge in [0.1, 0.15) is 35.7 Å². The summed E-state index contributed by atoms with van der Waals surface area (Å²) in [5, 5.41) is 1.22. The number of Topliss-reactive ketones (excluding diaryl/α,β-unsaturated/α-hetero) is 1. The molecule has 9 nitrogen and oxygen atoms in total. The Balaban J connectivity index is 1.27. The van der Waals surface area contributed by atoms with E-state index in [0.29, 0.717) is 27.8 Å². The molecule has 2 aliphatic heterocycles. The van der Waals surface area contributed by atoms with Crippen LogP contribution in [-0.2, 0) is 14.2 Å². The fourth-order valence-corrected chi connectivity index (χ4v) is 4.84. The summed E-state index contributed by atoms with van der Waals surface area (Å²) in [6, 6.07) is 6.96. The van der Waals surface area contributed by atoms with Gasteiger partial charge in [0.05, 0.1) is 22.6 Å². The topological polar surface area (TPSA) is 111 Å². The summed E-state index contributed by atoms with van der Waals surface area (Å²) < 4.78 is 26.5. The molecule has 0 radical (unpaired) electrons. The zero-order valence-electron chi connectivity index (χ0n) is 18.8. The van der Waals surface area contributed by atoms with Crippen LogP contribution >= 0.6 is 11.6 Å². The van der Waals surface area contributed by atoms with Crippen LogP contribution < -0.4 is 10.5 Å². The number of carbonyl (C=O) groups excluding carboxylic acids is 1. The maximum atomic E-state index is 13.2. The number of hydrogen-bond acceptors (Lipinski definition) is 8. The second-order valence-corrected chi connectivity index (χ2v) is 9.85. The van der Waals surface area contributed by atoms with E-state index in [-0.39, 0.29) is 18.3 Å². The van der Waals surface area contributed by atoms with Crippen LogP contribution in [0.1, 0.15) is 49.7 Å². The molecule has 3 aromatic rings. The quantitative estimate of drug-likeness (QED) is 0.524. The molecule has 0 bridgehead atoms. The van der Waals surface area contributed by atoms with Crippen molar-refractivity contribution >= 4 is 34.2 Å². The molecule has 0 unspecified atom stereocenters. The molecular weight excluding hydrogens is 460 g/mol. The molecule has 3 aliphatic rings. The van der Waals surface area contributed by atoms with Gasteiger partial charge in [0.25, 0.3) is 0 Å². The Morgan fingerprint density at radius 2 is 2.03 bits per heavy atom. The number of halogens is 1. The van der Waals surface area contributed by atoms with Crippen molar-refractivity contribution in [2.45, 2.75) is 69.5 Å². The second-order valence-electron chi connectivity index (χ2n) is 9.44. The molecule has 6 rings (SSSR count). The highest BCUT2D eigenvalue weighted by Crippen LogP contribution is 2.45. The number of ether oxygens (including phenoxy) is 4. The fraction of sp³-hybridized carbons (Fsp3) is 0.458. The van der Waals surface area contributed by atoms with Gasteiger partial charge in [-0.3, -0.25) is 4.79 Å². The summed E-state index contributed by atoms with van der Waals surface area (Å²) in [6.45, 7) is 3.71. The lowest BCUT2D eigenvalue weighted by Gasteiger charge is -2.25. The van der Waals surface area contributed by atoms with Crippen molar-refractivity contribution < 1.29 is 23.7 Å². The lowest BCUT2D eigenvalue weighted by atomic mass is 10.0.